The average Bonchev–Trinajstić information content (AvgIpc) is 3.36. The van der Waals surface area contributed by atoms with Crippen molar-refractivity contribution < 1.29 is 9.31 Å². The van der Waals surface area contributed by atoms with Crippen LogP contribution in [0.4, 0.5) is 4.39 Å². The molecule has 1 unspecified atom stereocenters. The van der Waals surface area contributed by atoms with Crippen LogP contribution in [-0.2, 0) is 17.6 Å². The Balaban J connectivity index is 0.927. The number of likely N-dealkylation sites (N-methyl/N-ethyl adjacent to an activating group) is 2. The smallest absolute Gasteiger partial charge is 0.269 e. The van der Waals surface area contributed by atoms with E-state index in [-0.39, 0.29) is 42.9 Å². The first-order valence-corrected chi connectivity index (χ1v) is 29.6. The number of benzene rings is 3. The zero-order valence-electron chi connectivity index (χ0n) is 42.6. The molecule has 2 atom stereocenters. The molecule has 3 fully saturated rings. The number of nitrogens with one attached hydrogen (secondary N) is 1. The highest BCUT2D eigenvalue weighted by Gasteiger charge is 2.39. The summed E-state index contributed by atoms with van der Waals surface area (Å²) in [5, 5.41) is 16.2. The number of likely N-dealkylation sites (tertiary alicyclic amines) is 2. The summed E-state index contributed by atoms with van der Waals surface area (Å²) in [6, 6.07) is 23.6. The summed E-state index contributed by atoms with van der Waals surface area (Å²) in [5.41, 5.74) is 7.60. The van der Waals surface area contributed by atoms with E-state index in [1.807, 2.05) is 12.1 Å². The van der Waals surface area contributed by atoms with Gasteiger partial charge in [0.15, 0.2) is 0 Å². The van der Waals surface area contributed by atoms with Crippen LogP contribution in [0, 0.1) is 31.3 Å². The van der Waals surface area contributed by atoms with E-state index >= 15 is 4.39 Å². The Morgan fingerprint density at radius 2 is 1.64 bits per heavy atom. The standard InChI is InChI=1S/C58H78FI2N7O2/c1-6-23-58(7-2,65(5)41-47-19-26-61-51(39-47)38-45-21-28-63(3)29-22-45)53-40-49(16-17-54(53)59)48-12-10-11-46(37-48)42-66-30-24-57(25-31-66,52-13-8-9-14-55(52)60)62-27-20-44-15-18-56(68(69)70)50(36-44)43-67-34-32-64(4)33-35-67/h8-14,16-19,26,36-37,39-40,44-45,62H,6-7,15,20-25,27-35,38,41-43H2,1-5H3/t44-,58?/m1/s1. The molecule has 70 heavy (non-hydrogen) atoms. The lowest BCUT2D eigenvalue weighted by atomic mass is 9.79. The van der Waals surface area contributed by atoms with E-state index in [0.717, 1.165) is 126 Å². The summed E-state index contributed by atoms with van der Waals surface area (Å²) in [5.74, 6) is 0.951. The summed E-state index contributed by atoms with van der Waals surface area (Å²) >= 11 is 2.45. The molecule has 378 valence electrons. The first-order valence-electron chi connectivity index (χ1n) is 26.2. The molecule has 0 amide bonds. The number of rotatable bonds is 20. The van der Waals surface area contributed by atoms with Crippen LogP contribution in [0.2, 0.25) is 0 Å². The van der Waals surface area contributed by atoms with E-state index in [2.05, 4.69) is 164 Å². The molecule has 3 aromatic rings. The summed E-state index contributed by atoms with van der Waals surface area (Å²) in [7, 11) is 6.60. The monoisotopic (exact) mass is 1180 g/mol. The molecule has 8 rings (SSSR count). The highest BCUT2D eigenvalue weighted by Crippen LogP contribution is 2.42. The van der Waals surface area contributed by atoms with Gasteiger partial charge in [-0.2, -0.15) is 0 Å². The van der Waals surface area contributed by atoms with E-state index in [1.165, 1.54) is 52.6 Å². The van der Waals surface area contributed by atoms with Crippen molar-refractivity contribution in [1.29, 1.82) is 0 Å². The molecule has 3 saturated heterocycles. The molecule has 0 saturated carbocycles. The lowest BCUT2D eigenvalue weighted by Gasteiger charge is -2.44. The Labute approximate surface area is 442 Å². The van der Waals surface area contributed by atoms with E-state index in [4.69, 9.17) is 0 Å². The normalized spacial score (nSPS) is 21.9. The van der Waals surface area contributed by atoms with Crippen LogP contribution >= 0.6 is 43.3 Å². The zero-order valence-corrected chi connectivity index (χ0v) is 46.9. The largest absolute Gasteiger partial charge is 0.307 e. The van der Waals surface area contributed by atoms with Crippen molar-refractivity contribution in [3.8, 4) is 11.1 Å². The van der Waals surface area contributed by atoms with Crippen molar-refractivity contribution in [2.24, 2.45) is 11.8 Å². The molecule has 0 bridgehead atoms. The summed E-state index contributed by atoms with van der Waals surface area (Å²) in [6.07, 6.45) is 19.1. The number of halogens is 3. The fourth-order valence-electron chi connectivity index (χ4n) is 12.0. The molecule has 1 N–H and O–H groups in total. The number of hydrogen-bond acceptors (Lipinski definition) is 8. The number of allylic oxidation sites excluding steroid dienone is 4. The van der Waals surface area contributed by atoms with E-state index in [1.54, 1.807) is 9.65 Å². The molecule has 0 radical (unpaired) electrons. The molecule has 3 aromatic carbocycles. The molecule has 4 aliphatic heterocycles. The predicted octanol–water partition coefficient (Wildman–Crippen LogP) is 11.6. The van der Waals surface area contributed by atoms with Crippen LogP contribution in [0.3, 0.4) is 0 Å². The molecular weight excluding hydrogens is 1100 g/mol. The van der Waals surface area contributed by atoms with E-state index < -0.39 is 5.54 Å². The van der Waals surface area contributed by atoms with Crippen LogP contribution in [-0.4, -0.2) is 127 Å². The van der Waals surface area contributed by atoms with Crippen molar-refractivity contribution in [1.82, 2.24) is 29.8 Å². The topological polar surface area (TPSA) is 71.4 Å². The minimum Gasteiger partial charge on any atom is -0.307 e. The maximum Gasteiger partial charge on any atom is 0.269 e. The fraction of sp³-hybridized carbons (Fsp3) is 0.534. The SMILES string of the molecule is CCCC(CC)(c1cc(-c2cccc(CN3CCC(NCC[C@@H]4C=C(CN5CCN(C)CC5)C([N+](=O)[O-])=CC4)(c4ccccc4I)CC3)c2)ccc1F)N(C)CC1=CC=IC(CC2CCN(C)CC2)=C1. The van der Waals surface area contributed by atoms with Gasteiger partial charge in [-0.15, -0.1) is 0 Å². The summed E-state index contributed by atoms with van der Waals surface area (Å²) in [4.78, 5) is 24.1. The third kappa shape index (κ3) is 13.2. The van der Waals surface area contributed by atoms with Gasteiger partial charge < -0.3 is 15.1 Å². The van der Waals surface area contributed by atoms with Gasteiger partial charge in [-0.1, -0.05) is 95.6 Å². The second kappa shape index (κ2) is 24.8. The Kier molecular flexibility index (Phi) is 18.9. The average molecular weight is 1180 g/mol. The van der Waals surface area contributed by atoms with Crippen LogP contribution in [0.5, 0.6) is 0 Å². The molecule has 0 aromatic heterocycles. The van der Waals surface area contributed by atoms with E-state index in [0.29, 0.717) is 18.7 Å². The van der Waals surface area contributed by atoms with Gasteiger partial charge in [0.2, 0.25) is 0 Å². The van der Waals surface area contributed by atoms with Gasteiger partial charge in [-0.3, -0.25) is 24.8 Å². The second-order valence-electron chi connectivity index (χ2n) is 21.1. The number of piperidine rings is 2. The Hall–Kier alpha value is -2.96. The predicted molar refractivity (Wildman–Crippen MR) is 306 cm³/mol. The van der Waals surface area contributed by atoms with Crippen LogP contribution in [0.15, 0.2) is 111 Å². The lowest BCUT2D eigenvalue weighted by molar-refractivity contribution is -0.421. The highest BCUT2D eigenvalue weighted by molar-refractivity contribution is 14.2. The fourth-order valence-corrected chi connectivity index (χ4v) is 15.4. The number of hydrogen-bond donors (Lipinski definition) is 1. The van der Waals surface area contributed by atoms with Crippen molar-refractivity contribution in [2.75, 3.05) is 93.1 Å². The quantitative estimate of drug-likeness (QED) is 0.0682. The Morgan fingerprint density at radius 1 is 0.914 bits per heavy atom. The molecule has 9 nitrogen and oxygen atoms in total. The highest BCUT2D eigenvalue weighted by atomic mass is 127. The third-order valence-corrected chi connectivity index (χ3v) is 19.5. The molecule has 1 aliphatic carbocycles. The van der Waals surface area contributed by atoms with Crippen molar-refractivity contribution in [3.63, 3.8) is 0 Å². The first kappa shape index (κ1) is 53.3. The van der Waals surface area contributed by atoms with Gasteiger partial charge in [0, 0.05) is 84.7 Å². The van der Waals surface area contributed by atoms with Gasteiger partial charge in [-0.25, -0.2) is 4.39 Å². The summed E-state index contributed by atoms with van der Waals surface area (Å²) in [6.45, 7) is 15.8. The van der Waals surface area contributed by atoms with Gasteiger partial charge in [0.25, 0.3) is 5.70 Å². The molecule has 4 heterocycles. The van der Waals surface area contributed by atoms with Crippen LogP contribution in [0.25, 0.3) is 11.1 Å². The Morgan fingerprint density at radius 3 is 2.37 bits per heavy atom. The minimum absolute atomic E-state index is 0.0580. The lowest BCUT2D eigenvalue weighted by Crippen LogP contribution is -2.51. The van der Waals surface area contributed by atoms with Gasteiger partial charge in [0.05, 0.1) is 4.92 Å². The van der Waals surface area contributed by atoms with Gasteiger partial charge in [0.1, 0.15) is 5.82 Å². The molecule has 5 aliphatic rings. The minimum atomic E-state index is -0.426. The third-order valence-electron chi connectivity index (χ3n) is 16.3. The van der Waals surface area contributed by atoms with Crippen molar-refractivity contribution >= 4 is 47.3 Å². The zero-order chi connectivity index (χ0) is 49.3. The maximum absolute atomic E-state index is 16.4. The van der Waals surface area contributed by atoms with E-state index in [9.17, 15) is 10.1 Å². The van der Waals surface area contributed by atoms with Crippen molar-refractivity contribution in [2.45, 2.75) is 95.7 Å². The van der Waals surface area contributed by atoms with Gasteiger partial charge >= 0.3 is 0 Å². The first-order chi connectivity index (χ1) is 33.9. The number of nitro groups is 1. The van der Waals surface area contributed by atoms with Crippen molar-refractivity contribution in [3.05, 3.63) is 148 Å². The molecular formula is C58H78FI2N7O2. The molecule has 12 heteroatoms. The molecule has 0 spiro atoms. The van der Waals surface area contributed by atoms with Crippen LogP contribution < -0.4 is 5.32 Å². The van der Waals surface area contributed by atoms with Gasteiger partial charge in [-0.05, 0) is 205 Å². The second-order valence-corrected chi connectivity index (χ2v) is 25.0. The number of piperazine rings is 1. The number of nitrogens with zero attached hydrogens (tertiary/aromatic N) is 6. The Bertz CT molecular complexity index is 2430. The van der Waals surface area contributed by atoms with Crippen LogP contribution in [0.1, 0.15) is 94.7 Å². The summed E-state index contributed by atoms with van der Waals surface area (Å²) < 4.78 is 21.8. The maximum atomic E-state index is 16.4.